The normalized spacial score (nSPS) is 13.8. The van der Waals surface area contributed by atoms with E-state index >= 15 is 0 Å². The maximum atomic E-state index is 9.68. The zero-order valence-corrected chi connectivity index (χ0v) is 9.21. The highest BCUT2D eigenvalue weighted by atomic mass is 35.5. The van der Waals surface area contributed by atoms with Crippen LogP contribution in [0.3, 0.4) is 0 Å². The monoisotopic (exact) mass is 215 g/mol. The standard InChI is InChI=1S/C9H14ClN3O/c1-6(9(2,3)14)12-7-4-5-11-8(10)13-7/h4-6,14H,1-3H3,(H,11,12,13). The van der Waals surface area contributed by atoms with Crippen LogP contribution in [0.1, 0.15) is 20.8 Å². The first-order valence-corrected chi connectivity index (χ1v) is 4.75. The average molecular weight is 216 g/mol. The minimum atomic E-state index is -0.808. The van der Waals surface area contributed by atoms with Crippen molar-refractivity contribution in [3.63, 3.8) is 0 Å². The summed E-state index contributed by atoms with van der Waals surface area (Å²) >= 11 is 5.62. The summed E-state index contributed by atoms with van der Waals surface area (Å²) in [6, 6.07) is 1.59. The van der Waals surface area contributed by atoms with Crippen LogP contribution in [0.15, 0.2) is 12.3 Å². The molecule has 0 fully saturated rings. The largest absolute Gasteiger partial charge is 0.388 e. The van der Waals surface area contributed by atoms with E-state index in [0.29, 0.717) is 5.82 Å². The predicted molar refractivity (Wildman–Crippen MR) is 56.4 cm³/mol. The molecule has 0 aliphatic heterocycles. The van der Waals surface area contributed by atoms with E-state index in [0.717, 1.165) is 0 Å². The molecule has 0 radical (unpaired) electrons. The molecule has 4 nitrogen and oxygen atoms in total. The molecule has 0 amide bonds. The van der Waals surface area contributed by atoms with Gasteiger partial charge in [0.2, 0.25) is 5.28 Å². The summed E-state index contributed by atoms with van der Waals surface area (Å²) < 4.78 is 0. The predicted octanol–water partition coefficient (Wildman–Crippen LogP) is 1.70. The van der Waals surface area contributed by atoms with E-state index in [1.807, 2.05) is 6.92 Å². The number of hydrogen-bond acceptors (Lipinski definition) is 4. The van der Waals surface area contributed by atoms with E-state index in [2.05, 4.69) is 15.3 Å². The third-order valence-corrected chi connectivity index (χ3v) is 2.23. The van der Waals surface area contributed by atoms with Crippen LogP contribution in [0.2, 0.25) is 5.28 Å². The van der Waals surface area contributed by atoms with E-state index in [1.165, 1.54) is 0 Å². The first-order valence-electron chi connectivity index (χ1n) is 4.37. The smallest absolute Gasteiger partial charge is 0.224 e. The number of anilines is 1. The lowest BCUT2D eigenvalue weighted by Crippen LogP contribution is -2.39. The van der Waals surface area contributed by atoms with Crippen LogP contribution in [0, 0.1) is 0 Å². The van der Waals surface area contributed by atoms with E-state index in [4.69, 9.17) is 11.6 Å². The highest BCUT2D eigenvalue weighted by Gasteiger charge is 2.22. The molecule has 1 aromatic rings. The minimum absolute atomic E-state index is 0.117. The third-order valence-electron chi connectivity index (χ3n) is 2.05. The van der Waals surface area contributed by atoms with Gasteiger partial charge in [0, 0.05) is 6.20 Å². The molecule has 1 unspecified atom stereocenters. The van der Waals surface area contributed by atoms with Gasteiger partial charge in [0.25, 0.3) is 0 Å². The Morgan fingerprint density at radius 2 is 2.21 bits per heavy atom. The van der Waals surface area contributed by atoms with Gasteiger partial charge in [-0.15, -0.1) is 0 Å². The molecule has 1 heterocycles. The van der Waals surface area contributed by atoms with Crippen molar-refractivity contribution in [2.45, 2.75) is 32.4 Å². The van der Waals surface area contributed by atoms with Crippen LogP contribution in [-0.4, -0.2) is 26.7 Å². The number of nitrogens with zero attached hydrogens (tertiary/aromatic N) is 2. The number of nitrogens with one attached hydrogen (secondary N) is 1. The lowest BCUT2D eigenvalue weighted by Gasteiger charge is -2.27. The van der Waals surface area contributed by atoms with Gasteiger partial charge >= 0.3 is 0 Å². The quantitative estimate of drug-likeness (QED) is 0.754. The van der Waals surface area contributed by atoms with E-state index in [1.54, 1.807) is 26.1 Å². The van der Waals surface area contributed by atoms with Gasteiger partial charge in [-0.3, -0.25) is 0 Å². The number of aliphatic hydroxyl groups is 1. The molecule has 1 aromatic heterocycles. The molecule has 0 aliphatic carbocycles. The second-order valence-corrected chi connectivity index (χ2v) is 4.07. The molecule has 78 valence electrons. The summed E-state index contributed by atoms with van der Waals surface area (Å²) in [5.41, 5.74) is -0.808. The van der Waals surface area contributed by atoms with Crippen molar-refractivity contribution in [1.29, 1.82) is 0 Å². The number of rotatable bonds is 3. The zero-order valence-electron chi connectivity index (χ0n) is 8.45. The summed E-state index contributed by atoms with van der Waals surface area (Å²) in [6.07, 6.45) is 1.56. The van der Waals surface area contributed by atoms with Crippen molar-refractivity contribution in [3.8, 4) is 0 Å². The fraction of sp³-hybridized carbons (Fsp3) is 0.556. The SMILES string of the molecule is CC(Nc1ccnc(Cl)n1)C(C)(C)O. The van der Waals surface area contributed by atoms with Gasteiger partial charge in [0.05, 0.1) is 11.6 Å². The van der Waals surface area contributed by atoms with Crippen molar-refractivity contribution < 1.29 is 5.11 Å². The van der Waals surface area contributed by atoms with Crippen molar-refractivity contribution in [2.24, 2.45) is 0 Å². The lowest BCUT2D eigenvalue weighted by molar-refractivity contribution is 0.0648. The van der Waals surface area contributed by atoms with Crippen LogP contribution in [-0.2, 0) is 0 Å². The fourth-order valence-corrected chi connectivity index (χ4v) is 0.961. The second kappa shape index (κ2) is 4.11. The van der Waals surface area contributed by atoms with Gasteiger partial charge in [-0.2, -0.15) is 0 Å². The van der Waals surface area contributed by atoms with E-state index < -0.39 is 5.60 Å². The topological polar surface area (TPSA) is 58.0 Å². The van der Waals surface area contributed by atoms with Crippen molar-refractivity contribution in [2.75, 3.05) is 5.32 Å². The first kappa shape index (κ1) is 11.2. The molecule has 14 heavy (non-hydrogen) atoms. The summed E-state index contributed by atoms with van der Waals surface area (Å²) in [4.78, 5) is 7.72. The lowest BCUT2D eigenvalue weighted by atomic mass is 10.0. The molecule has 0 bridgehead atoms. The summed E-state index contributed by atoms with van der Waals surface area (Å²) in [7, 11) is 0. The van der Waals surface area contributed by atoms with Gasteiger partial charge in [-0.1, -0.05) is 0 Å². The van der Waals surface area contributed by atoms with Crippen LogP contribution in [0.25, 0.3) is 0 Å². The Kier molecular flexibility index (Phi) is 3.29. The Hall–Kier alpha value is -0.870. The highest BCUT2D eigenvalue weighted by molar-refractivity contribution is 6.28. The van der Waals surface area contributed by atoms with E-state index in [-0.39, 0.29) is 11.3 Å². The van der Waals surface area contributed by atoms with Crippen LogP contribution < -0.4 is 5.32 Å². The Morgan fingerprint density at radius 1 is 1.57 bits per heavy atom. The molecule has 1 atom stereocenters. The summed E-state index contributed by atoms with van der Waals surface area (Å²) in [5.74, 6) is 0.611. The second-order valence-electron chi connectivity index (χ2n) is 3.73. The Labute approximate surface area is 88.3 Å². The average Bonchev–Trinajstić information content (AvgIpc) is 2.02. The maximum Gasteiger partial charge on any atom is 0.224 e. The molecule has 0 aromatic carbocycles. The molecule has 0 aliphatic rings. The molecular formula is C9H14ClN3O. The summed E-state index contributed by atoms with van der Waals surface area (Å²) in [5, 5.41) is 12.9. The number of halogens is 1. The van der Waals surface area contributed by atoms with E-state index in [9.17, 15) is 5.11 Å². The van der Waals surface area contributed by atoms with Gasteiger partial charge in [-0.25, -0.2) is 9.97 Å². The Bertz CT molecular complexity index is 311. The molecule has 0 saturated heterocycles. The van der Waals surface area contributed by atoms with Crippen molar-refractivity contribution in [3.05, 3.63) is 17.5 Å². The number of hydrogen-bond donors (Lipinski definition) is 2. The minimum Gasteiger partial charge on any atom is -0.388 e. The van der Waals surface area contributed by atoms with Crippen LogP contribution in [0.5, 0.6) is 0 Å². The molecule has 5 heteroatoms. The molecule has 2 N–H and O–H groups in total. The zero-order chi connectivity index (χ0) is 10.8. The van der Waals surface area contributed by atoms with Crippen LogP contribution in [0.4, 0.5) is 5.82 Å². The number of aromatic nitrogens is 2. The maximum absolute atomic E-state index is 9.68. The van der Waals surface area contributed by atoms with Gasteiger partial charge in [0.15, 0.2) is 0 Å². The van der Waals surface area contributed by atoms with Crippen LogP contribution >= 0.6 is 11.6 Å². The molecule has 1 rings (SSSR count). The van der Waals surface area contributed by atoms with Crippen molar-refractivity contribution in [1.82, 2.24) is 9.97 Å². The summed E-state index contributed by atoms with van der Waals surface area (Å²) in [6.45, 7) is 5.33. The van der Waals surface area contributed by atoms with Crippen molar-refractivity contribution >= 4 is 17.4 Å². The van der Waals surface area contributed by atoms with Gasteiger partial charge in [-0.05, 0) is 38.4 Å². The van der Waals surface area contributed by atoms with Gasteiger partial charge < -0.3 is 10.4 Å². The Balaban J connectivity index is 2.70. The Morgan fingerprint density at radius 3 is 2.71 bits per heavy atom. The molecule has 0 saturated carbocycles. The third kappa shape index (κ3) is 3.12. The first-order chi connectivity index (χ1) is 6.39. The highest BCUT2D eigenvalue weighted by Crippen LogP contribution is 2.14. The fourth-order valence-electron chi connectivity index (χ4n) is 0.814. The molecular weight excluding hydrogens is 202 g/mol. The molecule has 0 spiro atoms. The van der Waals surface area contributed by atoms with Gasteiger partial charge in [0.1, 0.15) is 5.82 Å².